The van der Waals surface area contributed by atoms with E-state index in [1.54, 1.807) is 13.8 Å². The first-order valence-corrected chi connectivity index (χ1v) is 3.43. The number of hydrogen-bond acceptors (Lipinski definition) is 3. The number of oxime groups is 1. The van der Waals surface area contributed by atoms with Crippen LogP contribution < -0.4 is 5.32 Å². The van der Waals surface area contributed by atoms with E-state index in [1.807, 2.05) is 0 Å². The van der Waals surface area contributed by atoms with Crippen molar-refractivity contribution in [2.45, 2.75) is 13.8 Å². The minimum Gasteiger partial charge on any atom is -0.323 e. The lowest BCUT2D eigenvalue weighted by Crippen LogP contribution is -2.18. The Morgan fingerprint density at radius 3 is 2.75 bits per heavy atom. The van der Waals surface area contributed by atoms with Gasteiger partial charge < -0.3 is 5.32 Å². The summed E-state index contributed by atoms with van der Waals surface area (Å²) in [5.41, 5.74) is -0.492. The molecule has 12 heavy (non-hydrogen) atoms. The van der Waals surface area contributed by atoms with Crippen LogP contribution in [0.4, 0.5) is 4.79 Å². The van der Waals surface area contributed by atoms with Gasteiger partial charge in [-0.3, -0.25) is 4.84 Å². The Bertz CT molecular complexity index is 226. The van der Waals surface area contributed by atoms with Crippen LogP contribution in [0.1, 0.15) is 13.8 Å². The lowest BCUT2D eigenvalue weighted by molar-refractivity contribution is 0.153. The quantitative estimate of drug-likeness (QED) is 0.289. The van der Waals surface area contributed by atoms with Gasteiger partial charge in [-0.15, -0.1) is 6.42 Å². The Labute approximate surface area is 72.0 Å². The van der Waals surface area contributed by atoms with Gasteiger partial charge >= 0.3 is 6.09 Å². The van der Waals surface area contributed by atoms with Crippen LogP contribution in [0, 0.1) is 17.8 Å². The van der Waals surface area contributed by atoms with E-state index in [9.17, 15) is 4.79 Å². The standard InChI is InChI=1S/C8H12N2O2/c1-5-8(2,3)6-10-12-7(11)9-4/h1,6H,2-4H3,(H,9,11)/b10-6+. The highest BCUT2D eigenvalue weighted by molar-refractivity contribution is 5.71. The van der Waals surface area contributed by atoms with Crippen molar-refractivity contribution in [3.8, 4) is 12.3 Å². The highest BCUT2D eigenvalue weighted by Gasteiger charge is 2.09. The molecule has 0 bridgehead atoms. The zero-order valence-corrected chi connectivity index (χ0v) is 7.42. The number of terminal acetylenes is 1. The molecule has 0 saturated heterocycles. The van der Waals surface area contributed by atoms with Crippen LogP contribution in [-0.2, 0) is 4.84 Å². The summed E-state index contributed by atoms with van der Waals surface area (Å²) in [5.74, 6) is 2.47. The fourth-order valence-corrected chi connectivity index (χ4v) is 0.289. The molecule has 0 aromatic carbocycles. The molecule has 0 unspecified atom stereocenters. The third kappa shape index (κ3) is 4.34. The van der Waals surface area contributed by atoms with E-state index in [1.165, 1.54) is 13.3 Å². The molecule has 0 aromatic rings. The Hall–Kier alpha value is -1.50. The van der Waals surface area contributed by atoms with Crippen molar-refractivity contribution >= 4 is 12.3 Å². The van der Waals surface area contributed by atoms with Gasteiger partial charge in [0.1, 0.15) is 0 Å². The second-order valence-corrected chi connectivity index (χ2v) is 2.73. The molecule has 0 heterocycles. The molecule has 0 radical (unpaired) electrons. The van der Waals surface area contributed by atoms with Crippen molar-refractivity contribution in [3.63, 3.8) is 0 Å². The highest BCUT2D eigenvalue weighted by atomic mass is 16.7. The minimum absolute atomic E-state index is 0.492. The van der Waals surface area contributed by atoms with E-state index >= 15 is 0 Å². The molecule has 0 aliphatic rings. The van der Waals surface area contributed by atoms with Crippen LogP contribution >= 0.6 is 0 Å². The van der Waals surface area contributed by atoms with E-state index in [-0.39, 0.29) is 0 Å². The third-order valence-electron chi connectivity index (χ3n) is 1.09. The summed E-state index contributed by atoms with van der Waals surface area (Å²) in [6, 6.07) is 0. The molecule has 66 valence electrons. The molecule has 4 nitrogen and oxygen atoms in total. The molecule has 0 aliphatic carbocycles. The van der Waals surface area contributed by atoms with Gasteiger partial charge in [0, 0.05) is 7.05 Å². The number of rotatable bonds is 2. The Morgan fingerprint density at radius 2 is 2.33 bits per heavy atom. The average Bonchev–Trinajstić information content (AvgIpc) is 2.04. The first kappa shape index (κ1) is 10.5. The van der Waals surface area contributed by atoms with Crippen molar-refractivity contribution in [2.75, 3.05) is 7.05 Å². The number of nitrogens with zero attached hydrogens (tertiary/aromatic N) is 1. The molecule has 4 heteroatoms. The molecule has 0 aliphatic heterocycles. The number of hydrogen-bond donors (Lipinski definition) is 1. The first-order chi connectivity index (χ1) is 5.52. The largest absolute Gasteiger partial charge is 0.433 e. The predicted octanol–water partition coefficient (Wildman–Crippen LogP) is 0.988. The maximum absolute atomic E-state index is 10.5. The summed E-state index contributed by atoms with van der Waals surface area (Å²) in [7, 11) is 1.45. The molecular weight excluding hydrogens is 156 g/mol. The van der Waals surface area contributed by atoms with Crippen LogP contribution in [-0.4, -0.2) is 19.4 Å². The summed E-state index contributed by atoms with van der Waals surface area (Å²) < 4.78 is 0. The maximum atomic E-state index is 10.5. The number of carbonyl (C=O) groups excluding carboxylic acids is 1. The minimum atomic E-state index is -0.612. The number of carbonyl (C=O) groups is 1. The zero-order valence-electron chi connectivity index (χ0n) is 7.42. The van der Waals surface area contributed by atoms with Crippen molar-refractivity contribution in [1.82, 2.24) is 5.32 Å². The van der Waals surface area contributed by atoms with E-state index < -0.39 is 11.5 Å². The first-order valence-electron chi connectivity index (χ1n) is 3.43. The van der Waals surface area contributed by atoms with Gasteiger partial charge in [-0.1, -0.05) is 11.1 Å². The molecule has 1 amide bonds. The topological polar surface area (TPSA) is 50.7 Å². The van der Waals surface area contributed by atoms with Gasteiger partial charge in [0.15, 0.2) is 0 Å². The van der Waals surface area contributed by atoms with Crippen molar-refractivity contribution in [2.24, 2.45) is 10.6 Å². The number of amides is 1. The van der Waals surface area contributed by atoms with Crippen LogP contribution in [0.2, 0.25) is 0 Å². The van der Waals surface area contributed by atoms with E-state index in [0.717, 1.165) is 0 Å². The average molecular weight is 168 g/mol. The molecule has 0 saturated carbocycles. The molecule has 0 aromatic heterocycles. The van der Waals surface area contributed by atoms with Crippen LogP contribution in [0.3, 0.4) is 0 Å². The second kappa shape index (κ2) is 4.39. The van der Waals surface area contributed by atoms with Crippen LogP contribution in [0.25, 0.3) is 0 Å². The lowest BCUT2D eigenvalue weighted by atomic mass is 9.97. The smallest absolute Gasteiger partial charge is 0.323 e. The van der Waals surface area contributed by atoms with E-state index in [2.05, 4.69) is 21.2 Å². The molecule has 0 atom stereocenters. The van der Waals surface area contributed by atoms with Crippen molar-refractivity contribution in [1.29, 1.82) is 0 Å². The van der Waals surface area contributed by atoms with E-state index in [4.69, 9.17) is 6.42 Å². The summed E-state index contributed by atoms with van der Waals surface area (Å²) >= 11 is 0. The van der Waals surface area contributed by atoms with Crippen molar-refractivity contribution < 1.29 is 9.63 Å². The zero-order chi connectivity index (χ0) is 9.61. The normalized spacial score (nSPS) is 10.8. The summed E-state index contributed by atoms with van der Waals surface area (Å²) in [6.45, 7) is 3.56. The number of nitrogens with one attached hydrogen (secondary N) is 1. The second-order valence-electron chi connectivity index (χ2n) is 2.73. The molecule has 0 spiro atoms. The molecule has 0 rings (SSSR count). The monoisotopic (exact) mass is 168 g/mol. The fourth-order valence-electron chi connectivity index (χ4n) is 0.289. The van der Waals surface area contributed by atoms with Crippen LogP contribution in [0.15, 0.2) is 5.16 Å². The summed E-state index contributed by atoms with van der Waals surface area (Å²) in [6.07, 6.45) is 5.94. The summed E-state index contributed by atoms with van der Waals surface area (Å²) in [5, 5.41) is 5.65. The molecular formula is C8H12N2O2. The molecule has 0 fully saturated rings. The predicted molar refractivity (Wildman–Crippen MR) is 46.6 cm³/mol. The Morgan fingerprint density at radius 1 is 1.75 bits per heavy atom. The van der Waals surface area contributed by atoms with Gasteiger partial charge in [0.25, 0.3) is 0 Å². The lowest BCUT2D eigenvalue weighted by Gasteiger charge is -2.07. The highest BCUT2D eigenvalue weighted by Crippen LogP contribution is 2.08. The van der Waals surface area contributed by atoms with Crippen molar-refractivity contribution in [3.05, 3.63) is 0 Å². The van der Waals surface area contributed by atoms with Gasteiger partial charge in [0.05, 0.1) is 11.6 Å². The molecule has 1 N–H and O–H groups in total. The SMILES string of the molecule is C#CC(C)(C)/C=N/OC(=O)NC. The van der Waals surface area contributed by atoms with Crippen LogP contribution in [0.5, 0.6) is 0 Å². The van der Waals surface area contributed by atoms with Gasteiger partial charge in [-0.2, -0.15) is 0 Å². The Balaban J connectivity index is 3.94. The van der Waals surface area contributed by atoms with Gasteiger partial charge in [-0.25, -0.2) is 4.79 Å². The summed E-state index contributed by atoms with van der Waals surface area (Å²) in [4.78, 5) is 14.8. The third-order valence-corrected chi connectivity index (χ3v) is 1.09. The maximum Gasteiger partial charge on any atom is 0.433 e. The van der Waals surface area contributed by atoms with E-state index in [0.29, 0.717) is 0 Å². The van der Waals surface area contributed by atoms with Gasteiger partial charge in [-0.05, 0) is 13.8 Å². The fraction of sp³-hybridized carbons (Fsp3) is 0.500. The van der Waals surface area contributed by atoms with Gasteiger partial charge in [0.2, 0.25) is 0 Å². The Kier molecular flexibility index (Phi) is 3.84.